The van der Waals surface area contributed by atoms with Crippen LogP contribution in [0.5, 0.6) is 0 Å². The van der Waals surface area contributed by atoms with E-state index in [1.165, 1.54) is 11.3 Å². The third-order valence-electron chi connectivity index (χ3n) is 1.86. The maximum atomic E-state index is 11.7. The summed E-state index contributed by atoms with van der Waals surface area (Å²) >= 11 is 1.46. The van der Waals surface area contributed by atoms with Gasteiger partial charge in [0.2, 0.25) is 0 Å². The van der Waals surface area contributed by atoms with Crippen LogP contribution in [0.3, 0.4) is 0 Å². The molecule has 3 nitrogen and oxygen atoms in total. The van der Waals surface area contributed by atoms with Gasteiger partial charge in [0, 0.05) is 13.2 Å². The Labute approximate surface area is 88.1 Å². The summed E-state index contributed by atoms with van der Waals surface area (Å²) in [6.07, 6.45) is 0. The smallest absolute Gasteiger partial charge is 0.261 e. The predicted octanol–water partition coefficient (Wildman–Crippen LogP) is 1.82. The predicted molar refractivity (Wildman–Crippen MR) is 57.9 cm³/mol. The molecule has 0 aliphatic carbocycles. The topological polar surface area (TPSA) is 38.3 Å². The number of hydrogen-bond donors (Lipinski definition) is 1. The first-order valence-corrected chi connectivity index (χ1v) is 5.37. The molecule has 78 valence electrons. The number of ether oxygens (including phenoxy) is 1. The van der Waals surface area contributed by atoms with E-state index in [2.05, 4.69) is 5.32 Å². The van der Waals surface area contributed by atoms with Crippen molar-refractivity contribution in [3.63, 3.8) is 0 Å². The van der Waals surface area contributed by atoms with Gasteiger partial charge in [0.15, 0.2) is 0 Å². The lowest BCUT2D eigenvalue weighted by Crippen LogP contribution is -2.35. The molecule has 14 heavy (non-hydrogen) atoms. The minimum Gasteiger partial charge on any atom is -0.383 e. The number of rotatable bonds is 4. The van der Waals surface area contributed by atoms with Gasteiger partial charge in [0.25, 0.3) is 5.91 Å². The Morgan fingerprint density at radius 1 is 1.71 bits per heavy atom. The highest BCUT2D eigenvalue weighted by Gasteiger charge is 2.12. The van der Waals surface area contributed by atoms with Gasteiger partial charge in [0.05, 0.1) is 11.5 Å². The molecule has 0 aromatic carbocycles. The number of carbonyl (C=O) groups is 1. The lowest BCUT2D eigenvalue weighted by atomic mass is 10.2. The van der Waals surface area contributed by atoms with Gasteiger partial charge in [-0.15, -0.1) is 11.3 Å². The van der Waals surface area contributed by atoms with Gasteiger partial charge >= 0.3 is 0 Å². The van der Waals surface area contributed by atoms with E-state index in [4.69, 9.17) is 4.74 Å². The van der Waals surface area contributed by atoms with E-state index >= 15 is 0 Å². The SMILES string of the molecule is COC[C@H](C)NC(=O)c1sccc1C. The molecular formula is C10H15NO2S. The monoisotopic (exact) mass is 213 g/mol. The molecule has 1 aromatic heterocycles. The number of aryl methyl sites for hydroxylation is 1. The number of thiophene rings is 1. The number of nitrogens with one attached hydrogen (secondary N) is 1. The van der Waals surface area contributed by atoms with E-state index in [1.807, 2.05) is 25.3 Å². The lowest BCUT2D eigenvalue weighted by molar-refractivity contribution is 0.0909. The molecule has 0 saturated carbocycles. The fraction of sp³-hybridized carbons (Fsp3) is 0.500. The molecule has 4 heteroatoms. The first kappa shape index (κ1) is 11.2. The molecule has 1 heterocycles. The fourth-order valence-electron chi connectivity index (χ4n) is 1.19. The van der Waals surface area contributed by atoms with Crippen LogP contribution in [0.15, 0.2) is 11.4 Å². The Hall–Kier alpha value is -0.870. The largest absolute Gasteiger partial charge is 0.383 e. The molecule has 1 rings (SSSR count). The van der Waals surface area contributed by atoms with E-state index in [9.17, 15) is 4.79 Å². The normalized spacial score (nSPS) is 12.5. The molecule has 1 aromatic rings. The maximum Gasteiger partial charge on any atom is 0.261 e. The van der Waals surface area contributed by atoms with Crippen LogP contribution in [0.2, 0.25) is 0 Å². The van der Waals surface area contributed by atoms with Gasteiger partial charge < -0.3 is 10.1 Å². The van der Waals surface area contributed by atoms with Crippen molar-refractivity contribution in [2.45, 2.75) is 19.9 Å². The lowest BCUT2D eigenvalue weighted by Gasteiger charge is -2.11. The van der Waals surface area contributed by atoms with Crippen LogP contribution < -0.4 is 5.32 Å². The summed E-state index contributed by atoms with van der Waals surface area (Å²) in [7, 11) is 1.62. The zero-order valence-corrected chi connectivity index (χ0v) is 9.48. The standard InChI is InChI=1S/C10H15NO2S/c1-7-4-5-14-9(7)10(12)11-8(2)6-13-3/h4-5,8H,6H2,1-3H3,(H,11,12)/t8-/m0/s1. The van der Waals surface area contributed by atoms with Crippen LogP contribution in [-0.4, -0.2) is 25.7 Å². The summed E-state index contributed by atoms with van der Waals surface area (Å²) < 4.78 is 4.94. The second-order valence-corrected chi connectivity index (χ2v) is 4.18. The average Bonchev–Trinajstić information content (AvgIpc) is 2.51. The number of hydrogen-bond acceptors (Lipinski definition) is 3. The molecule has 0 bridgehead atoms. The van der Waals surface area contributed by atoms with E-state index in [1.54, 1.807) is 7.11 Å². The van der Waals surface area contributed by atoms with E-state index in [-0.39, 0.29) is 11.9 Å². The highest BCUT2D eigenvalue weighted by Crippen LogP contribution is 2.15. The first-order chi connectivity index (χ1) is 6.65. The third kappa shape index (κ3) is 2.82. The molecule has 0 unspecified atom stereocenters. The van der Waals surface area contributed by atoms with E-state index in [0.717, 1.165) is 10.4 Å². The minimum absolute atomic E-state index is 0.0120. The van der Waals surface area contributed by atoms with Crippen LogP contribution in [0.1, 0.15) is 22.2 Å². The van der Waals surface area contributed by atoms with Gasteiger partial charge in [-0.2, -0.15) is 0 Å². The number of methoxy groups -OCH3 is 1. The zero-order valence-electron chi connectivity index (χ0n) is 8.66. The fourth-order valence-corrected chi connectivity index (χ4v) is 2.01. The summed E-state index contributed by atoms with van der Waals surface area (Å²) in [5, 5.41) is 4.79. The van der Waals surface area contributed by atoms with Crippen LogP contribution in [0.4, 0.5) is 0 Å². The van der Waals surface area contributed by atoms with Crippen molar-refractivity contribution in [1.29, 1.82) is 0 Å². The van der Waals surface area contributed by atoms with Crippen molar-refractivity contribution in [3.8, 4) is 0 Å². The molecular weight excluding hydrogens is 198 g/mol. The maximum absolute atomic E-state index is 11.7. The van der Waals surface area contributed by atoms with E-state index in [0.29, 0.717) is 6.61 Å². The Morgan fingerprint density at radius 3 is 2.93 bits per heavy atom. The molecule has 0 aliphatic heterocycles. The Balaban J connectivity index is 2.55. The van der Waals surface area contributed by atoms with Crippen LogP contribution in [0, 0.1) is 6.92 Å². The van der Waals surface area contributed by atoms with Crippen LogP contribution in [-0.2, 0) is 4.74 Å². The van der Waals surface area contributed by atoms with Crippen molar-refractivity contribution in [1.82, 2.24) is 5.32 Å². The van der Waals surface area contributed by atoms with Gasteiger partial charge in [-0.05, 0) is 30.9 Å². The molecule has 1 atom stereocenters. The molecule has 1 amide bonds. The van der Waals surface area contributed by atoms with Crippen molar-refractivity contribution in [3.05, 3.63) is 21.9 Å². The summed E-state index contributed by atoms with van der Waals surface area (Å²) in [5.74, 6) is -0.0120. The van der Waals surface area contributed by atoms with Gasteiger partial charge in [0.1, 0.15) is 0 Å². The van der Waals surface area contributed by atoms with Crippen LogP contribution in [0.25, 0.3) is 0 Å². The summed E-state index contributed by atoms with van der Waals surface area (Å²) in [5.41, 5.74) is 1.03. The second kappa shape index (κ2) is 5.12. The summed E-state index contributed by atoms with van der Waals surface area (Å²) in [4.78, 5) is 12.4. The quantitative estimate of drug-likeness (QED) is 0.828. The summed E-state index contributed by atoms with van der Waals surface area (Å²) in [6.45, 7) is 4.40. The van der Waals surface area contributed by atoms with Crippen molar-refractivity contribution >= 4 is 17.2 Å². The number of amides is 1. The Morgan fingerprint density at radius 2 is 2.43 bits per heavy atom. The minimum atomic E-state index is -0.0120. The first-order valence-electron chi connectivity index (χ1n) is 4.49. The highest BCUT2D eigenvalue weighted by molar-refractivity contribution is 7.12. The highest BCUT2D eigenvalue weighted by atomic mass is 32.1. The van der Waals surface area contributed by atoms with Crippen molar-refractivity contribution in [2.24, 2.45) is 0 Å². The van der Waals surface area contributed by atoms with Gasteiger partial charge in [-0.1, -0.05) is 0 Å². The third-order valence-corrected chi connectivity index (χ3v) is 2.88. The zero-order chi connectivity index (χ0) is 10.6. The Bertz CT molecular complexity index is 309. The Kier molecular flexibility index (Phi) is 4.10. The second-order valence-electron chi connectivity index (χ2n) is 3.26. The molecule has 1 N–H and O–H groups in total. The van der Waals surface area contributed by atoms with Gasteiger partial charge in [-0.25, -0.2) is 0 Å². The number of carbonyl (C=O) groups excluding carboxylic acids is 1. The average molecular weight is 213 g/mol. The summed E-state index contributed by atoms with van der Waals surface area (Å²) in [6, 6.07) is 2.00. The van der Waals surface area contributed by atoms with Crippen LogP contribution >= 0.6 is 11.3 Å². The molecule has 0 saturated heterocycles. The molecule has 0 aliphatic rings. The van der Waals surface area contributed by atoms with E-state index < -0.39 is 0 Å². The van der Waals surface area contributed by atoms with Gasteiger partial charge in [-0.3, -0.25) is 4.79 Å². The van der Waals surface area contributed by atoms with Crippen molar-refractivity contribution < 1.29 is 9.53 Å². The molecule has 0 fully saturated rings. The molecule has 0 radical (unpaired) electrons. The molecule has 0 spiro atoms. The van der Waals surface area contributed by atoms with Crippen molar-refractivity contribution in [2.75, 3.05) is 13.7 Å².